The lowest BCUT2D eigenvalue weighted by Crippen LogP contribution is -2.50. The third-order valence-electron chi connectivity index (χ3n) is 4.07. The van der Waals surface area contributed by atoms with Crippen molar-refractivity contribution in [1.29, 1.82) is 0 Å². The molecule has 1 aliphatic rings. The first kappa shape index (κ1) is 15.8. The van der Waals surface area contributed by atoms with Gasteiger partial charge in [-0.2, -0.15) is 0 Å². The molecule has 0 spiro atoms. The number of amides is 1. The van der Waals surface area contributed by atoms with E-state index in [1.54, 1.807) is 0 Å². The van der Waals surface area contributed by atoms with E-state index in [4.69, 9.17) is 11.6 Å². The molecule has 0 aliphatic carbocycles. The molecule has 110 valence electrons. The maximum absolute atomic E-state index is 12.7. The number of halogens is 2. The van der Waals surface area contributed by atoms with Crippen LogP contribution in [0.4, 0.5) is 0 Å². The Morgan fingerprint density at radius 1 is 1.35 bits per heavy atom. The van der Waals surface area contributed by atoms with Crippen molar-refractivity contribution < 1.29 is 4.79 Å². The molecule has 1 aromatic rings. The zero-order valence-corrected chi connectivity index (χ0v) is 14.3. The fourth-order valence-electron chi connectivity index (χ4n) is 2.96. The number of likely N-dealkylation sites (tertiary alicyclic amines) is 1. The molecule has 1 amide bonds. The molecular weight excluding hydrogens is 338 g/mol. The summed E-state index contributed by atoms with van der Waals surface area (Å²) in [6.07, 6.45) is 4.04. The van der Waals surface area contributed by atoms with Gasteiger partial charge in [-0.15, -0.1) is 0 Å². The van der Waals surface area contributed by atoms with Gasteiger partial charge in [0, 0.05) is 17.1 Å². The minimum absolute atomic E-state index is 0.185. The van der Waals surface area contributed by atoms with Crippen LogP contribution in [0.2, 0.25) is 5.02 Å². The number of rotatable bonds is 3. The second-order valence-corrected chi connectivity index (χ2v) is 7.15. The van der Waals surface area contributed by atoms with Crippen molar-refractivity contribution in [1.82, 2.24) is 4.90 Å². The molecule has 0 radical (unpaired) electrons. The highest BCUT2D eigenvalue weighted by Crippen LogP contribution is 2.26. The van der Waals surface area contributed by atoms with E-state index in [1.807, 2.05) is 29.2 Å². The summed E-state index contributed by atoms with van der Waals surface area (Å²) in [4.78, 5) is 14.5. The van der Waals surface area contributed by atoms with Crippen LogP contribution in [0, 0.1) is 0 Å². The first-order chi connectivity index (χ1) is 9.50. The predicted molar refractivity (Wildman–Crippen MR) is 87.5 cm³/mol. The summed E-state index contributed by atoms with van der Waals surface area (Å²) in [6, 6.07) is 8.37. The number of carbonyl (C=O) groups excluding carboxylic acids is 1. The van der Waals surface area contributed by atoms with E-state index in [-0.39, 0.29) is 10.7 Å². The second kappa shape index (κ2) is 6.95. The molecule has 0 bridgehead atoms. The molecular formula is C16H21BrClNO. The minimum Gasteiger partial charge on any atom is -0.336 e. The predicted octanol–water partition coefficient (Wildman–Crippen LogP) is 4.44. The quantitative estimate of drug-likeness (QED) is 0.732. The van der Waals surface area contributed by atoms with Crippen molar-refractivity contribution in [3.8, 4) is 0 Å². The summed E-state index contributed by atoms with van der Waals surface area (Å²) in [5, 5.41) is 0.726. The SMILES string of the molecule is CC1CCCC(C)N1C(=O)C(Br)Cc1ccccc1Cl. The summed E-state index contributed by atoms with van der Waals surface area (Å²) in [6.45, 7) is 4.28. The van der Waals surface area contributed by atoms with Crippen LogP contribution in [0.15, 0.2) is 24.3 Å². The standard InChI is InChI=1S/C16H21BrClNO/c1-11-6-5-7-12(2)19(11)16(20)14(17)10-13-8-3-4-9-15(13)18/h3-4,8-9,11-12,14H,5-7,10H2,1-2H3. The normalized spacial score (nSPS) is 24.5. The van der Waals surface area contributed by atoms with Crippen LogP contribution in [-0.2, 0) is 11.2 Å². The summed E-state index contributed by atoms with van der Waals surface area (Å²) in [5.74, 6) is 0.185. The molecule has 0 aromatic heterocycles. The number of hydrogen-bond donors (Lipinski definition) is 0. The first-order valence-corrected chi connectivity index (χ1v) is 8.49. The molecule has 20 heavy (non-hydrogen) atoms. The van der Waals surface area contributed by atoms with Crippen LogP contribution in [0.25, 0.3) is 0 Å². The Kier molecular flexibility index (Phi) is 5.50. The third-order valence-corrected chi connectivity index (χ3v) is 5.16. The molecule has 3 atom stereocenters. The third kappa shape index (κ3) is 3.56. The summed E-state index contributed by atoms with van der Waals surface area (Å²) in [5.41, 5.74) is 1.02. The Morgan fingerprint density at radius 3 is 2.55 bits per heavy atom. The molecule has 2 rings (SSSR count). The van der Waals surface area contributed by atoms with E-state index >= 15 is 0 Å². The molecule has 2 nitrogen and oxygen atoms in total. The maximum Gasteiger partial charge on any atom is 0.237 e. The average molecular weight is 359 g/mol. The first-order valence-electron chi connectivity index (χ1n) is 7.20. The monoisotopic (exact) mass is 357 g/mol. The highest BCUT2D eigenvalue weighted by molar-refractivity contribution is 9.10. The van der Waals surface area contributed by atoms with Gasteiger partial charge < -0.3 is 4.90 Å². The van der Waals surface area contributed by atoms with E-state index in [0.717, 1.165) is 23.4 Å². The number of alkyl halides is 1. The van der Waals surface area contributed by atoms with Gasteiger partial charge in [0.2, 0.25) is 5.91 Å². The Morgan fingerprint density at radius 2 is 1.95 bits per heavy atom. The Hall–Kier alpha value is -0.540. The van der Waals surface area contributed by atoms with Crippen molar-refractivity contribution in [3.05, 3.63) is 34.9 Å². The van der Waals surface area contributed by atoms with Gasteiger partial charge in [0.05, 0.1) is 4.83 Å². The van der Waals surface area contributed by atoms with E-state index in [9.17, 15) is 4.79 Å². The van der Waals surface area contributed by atoms with Crippen molar-refractivity contribution in [2.24, 2.45) is 0 Å². The summed E-state index contributed by atoms with van der Waals surface area (Å²) < 4.78 is 0. The Labute approximate surface area is 134 Å². The highest BCUT2D eigenvalue weighted by atomic mass is 79.9. The molecule has 1 fully saturated rings. The van der Waals surface area contributed by atoms with Crippen molar-refractivity contribution in [2.75, 3.05) is 0 Å². The zero-order valence-electron chi connectivity index (χ0n) is 12.0. The second-order valence-electron chi connectivity index (χ2n) is 5.64. The minimum atomic E-state index is -0.203. The largest absolute Gasteiger partial charge is 0.336 e. The van der Waals surface area contributed by atoms with Gasteiger partial charge in [0.15, 0.2) is 0 Å². The van der Waals surface area contributed by atoms with Crippen molar-refractivity contribution >= 4 is 33.4 Å². The summed E-state index contributed by atoms with van der Waals surface area (Å²) in [7, 11) is 0. The highest BCUT2D eigenvalue weighted by Gasteiger charge is 2.32. The number of nitrogens with zero attached hydrogens (tertiary/aromatic N) is 1. The van der Waals surface area contributed by atoms with Gasteiger partial charge in [-0.25, -0.2) is 0 Å². The van der Waals surface area contributed by atoms with Crippen molar-refractivity contribution in [3.63, 3.8) is 0 Å². The molecule has 4 heteroatoms. The Balaban J connectivity index is 2.06. The zero-order chi connectivity index (χ0) is 14.7. The van der Waals surface area contributed by atoms with Crippen LogP contribution in [-0.4, -0.2) is 27.7 Å². The number of benzene rings is 1. The van der Waals surface area contributed by atoms with Gasteiger partial charge in [-0.1, -0.05) is 45.7 Å². The lowest BCUT2D eigenvalue weighted by molar-refractivity contribution is -0.136. The molecule has 3 unspecified atom stereocenters. The number of hydrogen-bond acceptors (Lipinski definition) is 1. The van der Waals surface area contributed by atoms with Crippen LogP contribution in [0.3, 0.4) is 0 Å². The van der Waals surface area contributed by atoms with Crippen LogP contribution < -0.4 is 0 Å². The lowest BCUT2D eigenvalue weighted by Gasteiger charge is -2.40. The van der Waals surface area contributed by atoms with Crippen LogP contribution in [0.5, 0.6) is 0 Å². The molecule has 1 aliphatic heterocycles. The van der Waals surface area contributed by atoms with E-state index in [0.29, 0.717) is 18.5 Å². The lowest BCUT2D eigenvalue weighted by atomic mass is 9.96. The van der Waals surface area contributed by atoms with Gasteiger partial charge in [0.25, 0.3) is 0 Å². The van der Waals surface area contributed by atoms with Gasteiger partial charge in [0.1, 0.15) is 0 Å². The fraction of sp³-hybridized carbons (Fsp3) is 0.562. The topological polar surface area (TPSA) is 20.3 Å². The maximum atomic E-state index is 12.7. The molecule has 1 heterocycles. The van der Waals surface area contributed by atoms with Gasteiger partial charge >= 0.3 is 0 Å². The van der Waals surface area contributed by atoms with E-state index < -0.39 is 0 Å². The summed E-state index contributed by atoms with van der Waals surface area (Å²) >= 11 is 9.73. The number of carbonyl (C=O) groups is 1. The average Bonchev–Trinajstić information content (AvgIpc) is 2.41. The molecule has 0 N–H and O–H groups in total. The number of piperidine rings is 1. The Bertz CT molecular complexity index is 469. The fourth-order valence-corrected chi connectivity index (χ4v) is 3.76. The van der Waals surface area contributed by atoms with Gasteiger partial charge in [-0.3, -0.25) is 4.79 Å². The van der Waals surface area contributed by atoms with Crippen molar-refractivity contribution in [2.45, 2.75) is 56.4 Å². The smallest absolute Gasteiger partial charge is 0.237 e. The van der Waals surface area contributed by atoms with Gasteiger partial charge in [-0.05, 0) is 51.2 Å². The molecule has 0 saturated carbocycles. The van der Waals surface area contributed by atoms with Crippen LogP contribution in [0.1, 0.15) is 38.7 Å². The molecule has 1 aromatic carbocycles. The van der Waals surface area contributed by atoms with E-state index in [2.05, 4.69) is 29.8 Å². The van der Waals surface area contributed by atoms with E-state index in [1.165, 1.54) is 6.42 Å². The molecule has 1 saturated heterocycles. The van der Waals surface area contributed by atoms with Crippen LogP contribution >= 0.6 is 27.5 Å².